The van der Waals surface area contributed by atoms with Gasteiger partial charge in [-0.15, -0.1) is 0 Å². The first-order chi connectivity index (χ1) is 6.83. The largest absolute Gasteiger partial charge is 0.402 e. The minimum Gasteiger partial charge on any atom is -0.365 e. The van der Waals surface area contributed by atoms with Crippen LogP contribution in [0, 0.1) is 0 Å². The molecule has 6 heteroatoms. The van der Waals surface area contributed by atoms with Gasteiger partial charge in [0.2, 0.25) is 0 Å². The molecule has 0 amide bonds. The zero-order valence-electron chi connectivity index (χ0n) is 9.48. The van der Waals surface area contributed by atoms with Crippen LogP contribution < -0.4 is 5.50 Å². The van der Waals surface area contributed by atoms with Gasteiger partial charge in [0.15, 0.2) is 5.79 Å². The Balaban J connectivity index is 4.24. The van der Waals surface area contributed by atoms with E-state index >= 15 is 0 Å². The van der Waals surface area contributed by atoms with E-state index in [-0.39, 0.29) is 0 Å². The predicted octanol–water partition coefficient (Wildman–Crippen LogP) is 2.13. The van der Waals surface area contributed by atoms with Gasteiger partial charge in [-0.2, -0.15) is 0 Å². The molecule has 0 saturated carbocycles. The van der Waals surface area contributed by atoms with Crippen molar-refractivity contribution in [2.45, 2.75) is 58.2 Å². The van der Waals surface area contributed by atoms with Crippen LogP contribution >= 0.6 is 7.75 Å². The maximum absolute atomic E-state index is 10.9. The summed E-state index contributed by atoms with van der Waals surface area (Å²) in [6.45, 7) is 3.91. The van der Waals surface area contributed by atoms with Crippen molar-refractivity contribution in [1.29, 1.82) is 0 Å². The van der Waals surface area contributed by atoms with Gasteiger partial charge in [-0.05, 0) is 6.42 Å². The van der Waals surface area contributed by atoms with Gasteiger partial charge in [-0.1, -0.05) is 33.1 Å². The molecule has 0 aliphatic heterocycles. The summed E-state index contributed by atoms with van der Waals surface area (Å²) in [5.74, 6) is -1.55. The topological polar surface area (TPSA) is 92.8 Å². The fourth-order valence-corrected chi connectivity index (χ4v) is 2.17. The van der Waals surface area contributed by atoms with E-state index in [1.807, 2.05) is 13.8 Å². The van der Waals surface area contributed by atoms with Gasteiger partial charge in [-0.25, -0.2) is 10.1 Å². The molecule has 0 bridgehead atoms. The molecule has 0 aromatic rings. The summed E-state index contributed by atoms with van der Waals surface area (Å²) in [6, 6.07) is 0. The minimum absolute atomic E-state index is 0.318. The molecule has 92 valence electrons. The molecule has 0 radical (unpaired) electrons. The van der Waals surface area contributed by atoms with Crippen molar-refractivity contribution in [3.05, 3.63) is 0 Å². The Bertz CT molecular complexity index is 218. The highest BCUT2D eigenvalue weighted by Crippen LogP contribution is 2.40. The van der Waals surface area contributed by atoms with E-state index in [0.29, 0.717) is 19.3 Å². The molecule has 15 heavy (non-hydrogen) atoms. The maximum Gasteiger partial charge on any atom is 0.402 e. The lowest BCUT2D eigenvalue weighted by Crippen LogP contribution is -2.32. The van der Waals surface area contributed by atoms with Gasteiger partial charge in [-0.3, -0.25) is 4.52 Å². The third-order valence-electron chi connectivity index (χ3n) is 2.11. The maximum atomic E-state index is 10.9. The third-order valence-corrected chi connectivity index (χ3v) is 2.71. The molecule has 0 aliphatic rings. The average Bonchev–Trinajstić information content (AvgIpc) is 2.01. The highest BCUT2D eigenvalue weighted by atomic mass is 31.2. The SMILES string of the molecule is CCCCCC(O)(CCC)OP(N)(=O)O. The second-order valence-electron chi connectivity index (χ2n) is 3.81. The molecule has 2 unspecified atom stereocenters. The van der Waals surface area contributed by atoms with E-state index < -0.39 is 13.5 Å². The second kappa shape index (κ2) is 6.61. The monoisotopic (exact) mass is 239 g/mol. The lowest BCUT2D eigenvalue weighted by molar-refractivity contribution is -0.153. The third kappa shape index (κ3) is 7.94. The van der Waals surface area contributed by atoms with Crippen molar-refractivity contribution >= 4 is 7.75 Å². The summed E-state index contributed by atoms with van der Waals surface area (Å²) in [7, 11) is -4.12. The van der Waals surface area contributed by atoms with E-state index in [1.165, 1.54) is 0 Å². The summed E-state index contributed by atoms with van der Waals surface area (Å²) in [5.41, 5.74) is 4.88. The summed E-state index contributed by atoms with van der Waals surface area (Å²) in [5, 5.41) is 9.94. The van der Waals surface area contributed by atoms with E-state index in [1.54, 1.807) is 0 Å². The summed E-state index contributed by atoms with van der Waals surface area (Å²) < 4.78 is 15.5. The molecular weight excluding hydrogens is 217 g/mol. The predicted molar refractivity (Wildman–Crippen MR) is 59.1 cm³/mol. The zero-order valence-corrected chi connectivity index (χ0v) is 10.4. The van der Waals surface area contributed by atoms with Gasteiger partial charge >= 0.3 is 7.75 Å². The molecule has 0 aromatic heterocycles. The van der Waals surface area contributed by atoms with Crippen LogP contribution in [0.2, 0.25) is 0 Å². The van der Waals surface area contributed by atoms with Gasteiger partial charge in [0.25, 0.3) is 0 Å². The second-order valence-corrected chi connectivity index (χ2v) is 5.12. The Kier molecular flexibility index (Phi) is 6.64. The quantitative estimate of drug-likeness (QED) is 0.343. The molecule has 0 fully saturated rings. The van der Waals surface area contributed by atoms with Gasteiger partial charge in [0, 0.05) is 12.8 Å². The summed E-state index contributed by atoms with van der Waals surface area (Å²) in [4.78, 5) is 8.89. The van der Waals surface area contributed by atoms with Crippen molar-refractivity contribution in [1.82, 2.24) is 0 Å². The van der Waals surface area contributed by atoms with Crippen LogP contribution in [0.1, 0.15) is 52.4 Å². The number of hydrogen-bond acceptors (Lipinski definition) is 3. The molecule has 2 atom stereocenters. The summed E-state index contributed by atoms with van der Waals surface area (Å²) in [6.07, 6.45) is 4.06. The van der Waals surface area contributed by atoms with Crippen LogP contribution in [0.5, 0.6) is 0 Å². The van der Waals surface area contributed by atoms with E-state index in [0.717, 1.165) is 19.3 Å². The average molecular weight is 239 g/mol. The molecule has 0 heterocycles. The van der Waals surface area contributed by atoms with Gasteiger partial charge in [0.1, 0.15) is 0 Å². The smallest absolute Gasteiger partial charge is 0.365 e. The summed E-state index contributed by atoms with van der Waals surface area (Å²) >= 11 is 0. The molecule has 0 saturated heterocycles. The van der Waals surface area contributed by atoms with Crippen LogP contribution in [0.4, 0.5) is 0 Å². The molecule has 0 rings (SSSR count). The molecular formula is C9H22NO4P. The van der Waals surface area contributed by atoms with Gasteiger partial charge in [0.05, 0.1) is 0 Å². The Morgan fingerprint density at radius 1 is 1.27 bits per heavy atom. The standard InChI is InChI=1S/C9H22NO4P/c1-3-5-6-8-9(11,7-4-2)14-15(10,12)13/h11H,3-8H2,1-2H3,(H3,10,12,13). The van der Waals surface area contributed by atoms with Crippen molar-refractivity contribution in [2.75, 3.05) is 0 Å². The molecule has 0 spiro atoms. The van der Waals surface area contributed by atoms with Crippen molar-refractivity contribution in [2.24, 2.45) is 5.50 Å². The first kappa shape index (κ1) is 15.1. The first-order valence-electron chi connectivity index (χ1n) is 5.37. The fraction of sp³-hybridized carbons (Fsp3) is 1.00. The van der Waals surface area contributed by atoms with Gasteiger partial charge < -0.3 is 10.00 Å². The number of hydrogen-bond donors (Lipinski definition) is 3. The number of unbranched alkanes of at least 4 members (excludes halogenated alkanes) is 2. The van der Waals surface area contributed by atoms with Crippen LogP contribution in [0.3, 0.4) is 0 Å². The molecule has 4 N–H and O–H groups in total. The molecule has 5 nitrogen and oxygen atoms in total. The number of nitrogens with two attached hydrogens (primary N) is 1. The number of aliphatic hydroxyl groups is 1. The van der Waals surface area contributed by atoms with Crippen molar-refractivity contribution in [3.8, 4) is 0 Å². The molecule has 0 aromatic carbocycles. The van der Waals surface area contributed by atoms with E-state index in [9.17, 15) is 9.67 Å². The normalized spacial score (nSPS) is 19.5. The fourth-order valence-electron chi connectivity index (χ4n) is 1.50. The Morgan fingerprint density at radius 3 is 2.27 bits per heavy atom. The first-order valence-corrected chi connectivity index (χ1v) is 7.02. The Hall–Kier alpha value is 0.0700. The minimum atomic E-state index is -4.12. The van der Waals surface area contributed by atoms with Crippen molar-refractivity contribution < 1.29 is 19.1 Å². The van der Waals surface area contributed by atoms with E-state index in [4.69, 9.17) is 10.4 Å². The highest BCUT2D eigenvalue weighted by molar-refractivity contribution is 7.50. The zero-order chi connectivity index (χ0) is 11.9. The van der Waals surface area contributed by atoms with Crippen molar-refractivity contribution in [3.63, 3.8) is 0 Å². The van der Waals surface area contributed by atoms with Crippen LogP contribution in [0.15, 0.2) is 0 Å². The lowest BCUT2D eigenvalue weighted by Gasteiger charge is -2.28. The van der Waals surface area contributed by atoms with Crippen LogP contribution in [0.25, 0.3) is 0 Å². The van der Waals surface area contributed by atoms with Crippen LogP contribution in [-0.4, -0.2) is 15.8 Å². The highest BCUT2D eigenvalue weighted by Gasteiger charge is 2.33. The Labute approximate surface area is 91.2 Å². The van der Waals surface area contributed by atoms with Crippen LogP contribution in [-0.2, 0) is 9.09 Å². The molecule has 0 aliphatic carbocycles. The number of rotatable bonds is 8. The van der Waals surface area contributed by atoms with E-state index in [2.05, 4.69) is 4.52 Å². The Morgan fingerprint density at radius 2 is 1.87 bits per heavy atom. The lowest BCUT2D eigenvalue weighted by atomic mass is 10.0.